The maximum Gasteiger partial charge on any atom is 0.137 e. The first-order valence-corrected chi connectivity index (χ1v) is 6.46. The topological polar surface area (TPSA) is 12.0 Å². The quantitative estimate of drug-likeness (QED) is 0.869. The van der Waals surface area contributed by atoms with Crippen molar-refractivity contribution in [3.8, 4) is 0 Å². The first kappa shape index (κ1) is 13.7. The van der Waals surface area contributed by atoms with Crippen LogP contribution in [-0.4, -0.2) is 12.6 Å². The van der Waals surface area contributed by atoms with Crippen molar-refractivity contribution in [3.05, 3.63) is 34.1 Å². The molecule has 1 N–H and O–H groups in total. The van der Waals surface area contributed by atoms with Crippen LogP contribution in [0.3, 0.4) is 0 Å². The Morgan fingerprint density at radius 3 is 2.62 bits per heavy atom. The Kier molecular flexibility index (Phi) is 5.42. The lowest BCUT2D eigenvalue weighted by atomic mass is 10.0. The van der Waals surface area contributed by atoms with Crippen molar-refractivity contribution in [2.45, 2.75) is 33.2 Å². The summed E-state index contributed by atoms with van der Waals surface area (Å²) in [5.74, 6) is 0.321. The monoisotopic (exact) mass is 287 g/mol. The van der Waals surface area contributed by atoms with Gasteiger partial charge in [0.2, 0.25) is 0 Å². The summed E-state index contributed by atoms with van der Waals surface area (Å²) >= 11 is 3.29. The molecule has 0 fully saturated rings. The predicted molar refractivity (Wildman–Crippen MR) is 70.1 cm³/mol. The third-order valence-corrected chi connectivity index (χ3v) is 3.36. The van der Waals surface area contributed by atoms with E-state index >= 15 is 0 Å². The van der Waals surface area contributed by atoms with Crippen molar-refractivity contribution in [2.75, 3.05) is 6.54 Å². The molecule has 0 radical (unpaired) electrons. The molecule has 0 aliphatic rings. The fourth-order valence-electron chi connectivity index (χ4n) is 1.59. The summed E-state index contributed by atoms with van der Waals surface area (Å²) in [6, 6.07) is 5.71. The maximum atomic E-state index is 13.3. The lowest BCUT2D eigenvalue weighted by molar-refractivity contribution is 0.474. The molecule has 1 aromatic carbocycles. The summed E-state index contributed by atoms with van der Waals surface area (Å²) in [4.78, 5) is 0. The summed E-state index contributed by atoms with van der Waals surface area (Å²) in [5, 5.41) is 3.39. The fourth-order valence-corrected chi connectivity index (χ4v) is 2.02. The van der Waals surface area contributed by atoms with Crippen molar-refractivity contribution in [2.24, 2.45) is 5.92 Å². The second-order valence-electron chi connectivity index (χ2n) is 4.59. The molecule has 0 saturated heterocycles. The molecule has 0 bridgehead atoms. The molecule has 16 heavy (non-hydrogen) atoms. The van der Waals surface area contributed by atoms with Gasteiger partial charge >= 0.3 is 0 Å². The van der Waals surface area contributed by atoms with Crippen LogP contribution >= 0.6 is 15.9 Å². The van der Waals surface area contributed by atoms with E-state index in [4.69, 9.17) is 0 Å². The molecule has 0 aromatic heterocycles. The van der Waals surface area contributed by atoms with Gasteiger partial charge in [-0.05, 0) is 46.4 Å². The van der Waals surface area contributed by atoms with Crippen LogP contribution in [0.25, 0.3) is 0 Å². The third-order valence-electron chi connectivity index (χ3n) is 2.47. The van der Waals surface area contributed by atoms with E-state index in [-0.39, 0.29) is 5.82 Å². The van der Waals surface area contributed by atoms with Crippen LogP contribution in [0.2, 0.25) is 0 Å². The van der Waals surface area contributed by atoms with Crippen LogP contribution in [0.5, 0.6) is 0 Å². The average molecular weight is 288 g/mol. The molecule has 0 spiro atoms. The highest BCUT2D eigenvalue weighted by Crippen LogP contribution is 2.22. The zero-order valence-electron chi connectivity index (χ0n) is 10.1. The van der Waals surface area contributed by atoms with Gasteiger partial charge in [0.1, 0.15) is 5.82 Å². The Balaban J connectivity index is 2.56. The van der Waals surface area contributed by atoms with Crippen molar-refractivity contribution in [3.63, 3.8) is 0 Å². The van der Waals surface area contributed by atoms with Crippen molar-refractivity contribution in [1.82, 2.24) is 5.32 Å². The van der Waals surface area contributed by atoms with Crippen LogP contribution in [0.15, 0.2) is 22.7 Å². The van der Waals surface area contributed by atoms with E-state index in [1.54, 1.807) is 6.07 Å². The van der Waals surface area contributed by atoms with Crippen molar-refractivity contribution in [1.29, 1.82) is 0 Å². The molecular weight excluding hydrogens is 269 g/mol. The second-order valence-corrected chi connectivity index (χ2v) is 5.38. The van der Waals surface area contributed by atoms with Gasteiger partial charge in [-0.1, -0.05) is 32.9 Å². The number of rotatable bonds is 5. The zero-order valence-corrected chi connectivity index (χ0v) is 11.6. The van der Waals surface area contributed by atoms with Crippen molar-refractivity contribution >= 4 is 15.9 Å². The number of hydrogen-bond acceptors (Lipinski definition) is 1. The Labute approximate surface area is 106 Å². The fraction of sp³-hybridized carbons (Fsp3) is 0.538. The molecule has 0 aliphatic heterocycles. The Bertz CT molecular complexity index is 339. The Morgan fingerprint density at radius 2 is 2.00 bits per heavy atom. The molecule has 0 saturated carbocycles. The molecule has 0 heterocycles. The van der Waals surface area contributed by atoms with Gasteiger partial charge in [-0.2, -0.15) is 0 Å². The van der Waals surface area contributed by atoms with E-state index in [0.717, 1.165) is 18.5 Å². The largest absolute Gasteiger partial charge is 0.314 e. The maximum absolute atomic E-state index is 13.3. The minimum atomic E-state index is -0.179. The van der Waals surface area contributed by atoms with E-state index < -0.39 is 0 Å². The van der Waals surface area contributed by atoms with Crippen LogP contribution in [-0.2, 0) is 6.42 Å². The molecule has 0 amide bonds. The van der Waals surface area contributed by atoms with Crippen molar-refractivity contribution < 1.29 is 4.39 Å². The lowest BCUT2D eigenvalue weighted by Gasteiger charge is -2.15. The summed E-state index contributed by atoms with van der Waals surface area (Å²) in [6.07, 6.45) is 0.887. The molecule has 1 rings (SSSR count). The second kappa shape index (κ2) is 6.36. The molecule has 0 aliphatic carbocycles. The van der Waals surface area contributed by atoms with Crippen LogP contribution < -0.4 is 5.32 Å². The smallest absolute Gasteiger partial charge is 0.137 e. The molecule has 3 heteroatoms. The molecule has 1 nitrogen and oxygen atoms in total. The van der Waals surface area contributed by atoms with E-state index in [9.17, 15) is 4.39 Å². The van der Waals surface area contributed by atoms with E-state index in [2.05, 4.69) is 42.0 Å². The first-order chi connectivity index (χ1) is 7.50. The van der Waals surface area contributed by atoms with Gasteiger partial charge in [-0.15, -0.1) is 0 Å². The highest BCUT2D eigenvalue weighted by molar-refractivity contribution is 9.10. The van der Waals surface area contributed by atoms with E-state index in [1.165, 1.54) is 6.07 Å². The van der Waals surface area contributed by atoms with E-state index in [1.807, 2.05) is 6.07 Å². The molecule has 1 atom stereocenters. The Hall–Kier alpha value is -0.410. The van der Waals surface area contributed by atoms with Gasteiger partial charge in [0.15, 0.2) is 0 Å². The van der Waals surface area contributed by atoms with Gasteiger partial charge in [-0.3, -0.25) is 0 Å². The number of nitrogens with one attached hydrogen (secondary N) is 1. The Morgan fingerprint density at radius 1 is 1.31 bits per heavy atom. The third kappa shape index (κ3) is 4.22. The summed E-state index contributed by atoms with van der Waals surface area (Å²) in [7, 11) is 0. The zero-order chi connectivity index (χ0) is 12.1. The standard InChI is InChI=1S/C13H19BrFN/c1-9(2)16-8-10(3)7-11-5-4-6-12(15)13(11)14/h4-6,9-10,16H,7-8H2,1-3H3. The normalized spacial score (nSPS) is 13.1. The molecule has 1 unspecified atom stereocenters. The highest BCUT2D eigenvalue weighted by Gasteiger charge is 2.09. The van der Waals surface area contributed by atoms with Crippen LogP contribution in [0.4, 0.5) is 4.39 Å². The number of hydrogen-bond donors (Lipinski definition) is 1. The van der Waals surface area contributed by atoms with Gasteiger partial charge in [0.05, 0.1) is 4.47 Å². The molecule has 90 valence electrons. The minimum Gasteiger partial charge on any atom is -0.314 e. The summed E-state index contributed by atoms with van der Waals surface area (Å²) in [5.41, 5.74) is 1.04. The first-order valence-electron chi connectivity index (χ1n) is 5.67. The molecular formula is C13H19BrFN. The predicted octanol–water partition coefficient (Wildman–Crippen LogP) is 3.76. The highest BCUT2D eigenvalue weighted by atomic mass is 79.9. The number of halogens is 2. The minimum absolute atomic E-state index is 0.179. The number of benzene rings is 1. The summed E-state index contributed by atoms with van der Waals surface area (Å²) < 4.78 is 13.9. The van der Waals surface area contributed by atoms with Gasteiger partial charge in [0, 0.05) is 6.04 Å². The summed E-state index contributed by atoms with van der Waals surface area (Å²) in [6.45, 7) is 7.39. The van der Waals surface area contributed by atoms with Crippen LogP contribution in [0.1, 0.15) is 26.3 Å². The van der Waals surface area contributed by atoms with Gasteiger partial charge in [0.25, 0.3) is 0 Å². The van der Waals surface area contributed by atoms with E-state index in [0.29, 0.717) is 16.4 Å². The average Bonchev–Trinajstić information content (AvgIpc) is 2.22. The molecule has 1 aromatic rings. The lowest BCUT2D eigenvalue weighted by Crippen LogP contribution is -2.28. The van der Waals surface area contributed by atoms with Crippen LogP contribution in [0, 0.1) is 11.7 Å². The van der Waals surface area contributed by atoms with Gasteiger partial charge in [-0.25, -0.2) is 4.39 Å². The van der Waals surface area contributed by atoms with Gasteiger partial charge < -0.3 is 5.32 Å². The SMILES string of the molecule is CC(CNC(C)C)Cc1cccc(F)c1Br.